The summed E-state index contributed by atoms with van der Waals surface area (Å²) in [6.07, 6.45) is 1.44. The van der Waals surface area contributed by atoms with Crippen molar-refractivity contribution >= 4 is 5.97 Å². The normalized spacial score (nSPS) is 10.1. The number of aryl methyl sites for hydroxylation is 1. The lowest BCUT2D eigenvalue weighted by Gasteiger charge is -2.11. The van der Waals surface area contributed by atoms with Crippen molar-refractivity contribution in [2.75, 3.05) is 7.11 Å². The van der Waals surface area contributed by atoms with Gasteiger partial charge in [-0.25, -0.2) is 0 Å². The summed E-state index contributed by atoms with van der Waals surface area (Å²) in [5.41, 5.74) is 1.01. The maximum atomic E-state index is 10.6. The van der Waals surface area contributed by atoms with Gasteiger partial charge >= 0.3 is 5.97 Å². The number of carboxylic acids is 1. The third kappa shape index (κ3) is 4.53. The van der Waals surface area contributed by atoms with E-state index >= 15 is 0 Å². The van der Waals surface area contributed by atoms with Gasteiger partial charge < -0.3 is 14.6 Å². The van der Waals surface area contributed by atoms with Crippen molar-refractivity contribution in [3.05, 3.63) is 54.1 Å². The van der Waals surface area contributed by atoms with Crippen LogP contribution in [0.3, 0.4) is 0 Å². The number of hydrogen-bond donors (Lipinski definition) is 1. The van der Waals surface area contributed by atoms with Gasteiger partial charge in [0, 0.05) is 6.42 Å². The smallest absolute Gasteiger partial charge is 0.303 e. The number of carboxylic acid groups (broad SMARTS) is 1. The van der Waals surface area contributed by atoms with E-state index in [1.54, 1.807) is 7.11 Å². The summed E-state index contributed by atoms with van der Waals surface area (Å²) < 4.78 is 11.0. The molecule has 0 atom stereocenters. The van der Waals surface area contributed by atoms with Gasteiger partial charge in [0.2, 0.25) is 0 Å². The fourth-order valence-corrected chi connectivity index (χ4v) is 2.01. The van der Waals surface area contributed by atoms with Crippen molar-refractivity contribution < 1.29 is 19.4 Å². The Morgan fingerprint density at radius 2 is 1.71 bits per heavy atom. The molecule has 0 radical (unpaired) electrons. The molecule has 0 unspecified atom stereocenters. The van der Waals surface area contributed by atoms with Gasteiger partial charge in [0.1, 0.15) is 17.2 Å². The number of hydrogen-bond acceptors (Lipinski definition) is 3. The van der Waals surface area contributed by atoms with Gasteiger partial charge in [-0.1, -0.05) is 18.2 Å². The highest BCUT2D eigenvalue weighted by Gasteiger charge is 2.06. The molecule has 21 heavy (non-hydrogen) atoms. The van der Waals surface area contributed by atoms with Crippen molar-refractivity contribution in [2.24, 2.45) is 0 Å². The van der Waals surface area contributed by atoms with Crippen LogP contribution in [0.15, 0.2) is 48.5 Å². The fourth-order valence-electron chi connectivity index (χ4n) is 2.01. The first-order chi connectivity index (χ1) is 10.2. The first-order valence-corrected chi connectivity index (χ1v) is 6.80. The molecule has 0 bridgehead atoms. The number of para-hydroxylation sites is 1. The van der Waals surface area contributed by atoms with Crippen LogP contribution in [-0.4, -0.2) is 18.2 Å². The molecule has 0 heterocycles. The number of carbonyl (C=O) groups is 1. The van der Waals surface area contributed by atoms with E-state index in [1.807, 2.05) is 48.5 Å². The zero-order valence-electron chi connectivity index (χ0n) is 11.9. The van der Waals surface area contributed by atoms with E-state index in [4.69, 9.17) is 14.6 Å². The van der Waals surface area contributed by atoms with E-state index in [9.17, 15) is 4.79 Å². The molecule has 0 saturated heterocycles. The standard InChI is InChI=1S/C17H18O4/c1-20-14-9-11-15(12-10-14)21-16-7-3-2-5-13(16)6-4-8-17(18)19/h2-3,5,7,9-12H,4,6,8H2,1H3,(H,18,19). The van der Waals surface area contributed by atoms with Crippen LogP contribution < -0.4 is 9.47 Å². The van der Waals surface area contributed by atoms with Crippen LogP contribution in [0.2, 0.25) is 0 Å². The van der Waals surface area contributed by atoms with Gasteiger partial charge in [-0.2, -0.15) is 0 Å². The Labute approximate surface area is 123 Å². The van der Waals surface area contributed by atoms with Gasteiger partial charge in [-0.15, -0.1) is 0 Å². The van der Waals surface area contributed by atoms with Crippen molar-refractivity contribution in [1.29, 1.82) is 0 Å². The van der Waals surface area contributed by atoms with Crippen molar-refractivity contribution in [1.82, 2.24) is 0 Å². The molecule has 0 aliphatic rings. The van der Waals surface area contributed by atoms with Crippen LogP contribution in [0.4, 0.5) is 0 Å². The van der Waals surface area contributed by atoms with Crippen LogP contribution in [0.25, 0.3) is 0 Å². The molecule has 0 saturated carbocycles. The number of benzene rings is 2. The van der Waals surface area contributed by atoms with Gasteiger partial charge in [0.05, 0.1) is 7.11 Å². The Bertz CT molecular complexity index is 590. The Kier molecular flexibility index (Phi) is 5.21. The lowest BCUT2D eigenvalue weighted by Crippen LogP contribution is -1.97. The molecule has 110 valence electrons. The Balaban J connectivity index is 2.06. The molecule has 2 rings (SSSR count). The molecule has 0 aliphatic carbocycles. The minimum absolute atomic E-state index is 0.164. The second kappa shape index (κ2) is 7.33. The second-order valence-electron chi connectivity index (χ2n) is 4.63. The highest BCUT2D eigenvalue weighted by atomic mass is 16.5. The maximum Gasteiger partial charge on any atom is 0.303 e. The Morgan fingerprint density at radius 3 is 2.38 bits per heavy atom. The van der Waals surface area contributed by atoms with Crippen molar-refractivity contribution in [3.8, 4) is 17.2 Å². The molecule has 2 aromatic rings. The average Bonchev–Trinajstić information content (AvgIpc) is 2.49. The van der Waals surface area contributed by atoms with Crippen molar-refractivity contribution in [3.63, 3.8) is 0 Å². The lowest BCUT2D eigenvalue weighted by atomic mass is 10.1. The molecule has 0 aliphatic heterocycles. The quantitative estimate of drug-likeness (QED) is 0.838. The molecule has 0 fully saturated rings. The zero-order valence-corrected chi connectivity index (χ0v) is 11.9. The first-order valence-electron chi connectivity index (χ1n) is 6.80. The summed E-state index contributed by atoms with van der Waals surface area (Å²) in [6, 6.07) is 15.0. The molecule has 4 nitrogen and oxygen atoms in total. The number of ether oxygens (including phenoxy) is 2. The third-order valence-corrected chi connectivity index (χ3v) is 3.10. The SMILES string of the molecule is COc1ccc(Oc2ccccc2CCCC(=O)O)cc1. The van der Waals surface area contributed by atoms with E-state index in [1.165, 1.54) is 0 Å². The molecule has 0 aromatic heterocycles. The van der Waals surface area contributed by atoms with Crippen LogP contribution in [-0.2, 0) is 11.2 Å². The number of aliphatic carboxylic acids is 1. The second-order valence-corrected chi connectivity index (χ2v) is 4.63. The Morgan fingerprint density at radius 1 is 1.05 bits per heavy atom. The van der Waals surface area contributed by atoms with Crippen LogP contribution >= 0.6 is 0 Å². The molecular weight excluding hydrogens is 268 g/mol. The predicted octanol–water partition coefficient (Wildman–Crippen LogP) is 3.89. The summed E-state index contributed by atoms with van der Waals surface area (Å²) in [6.45, 7) is 0. The summed E-state index contributed by atoms with van der Waals surface area (Å²) in [5, 5.41) is 8.70. The van der Waals surface area contributed by atoms with E-state index < -0.39 is 5.97 Å². The molecular formula is C17H18O4. The van der Waals surface area contributed by atoms with E-state index in [2.05, 4.69) is 0 Å². The van der Waals surface area contributed by atoms with Crippen LogP contribution in [0, 0.1) is 0 Å². The monoisotopic (exact) mass is 286 g/mol. The molecule has 0 amide bonds. The number of rotatable bonds is 7. The average molecular weight is 286 g/mol. The first kappa shape index (κ1) is 14.9. The summed E-state index contributed by atoms with van der Waals surface area (Å²) in [5.74, 6) is 1.48. The molecule has 1 N–H and O–H groups in total. The topological polar surface area (TPSA) is 55.8 Å². The predicted molar refractivity (Wildman–Crippen MR) is 80.1 cm³/mol. The highest BCUT2D eigenvalue weighted by molar-refractivity contribution is 5.66. The van der Waals surface area contributed by atoms with Gasteiger partial charge in [-0.3, -0.25) is 4.79 Å². The minimum atomic E-state index is -0.774. The van der Waals surface area contributed by atoms with Crippen LogP contribution in [0.1, 0.15) is 18.4 Å². The highest BCUT2D eigenvalue weighted by Crippen LogP contribution is 2.27. The lowest BCUT2D eigenvalue weighted by molar-refractivity contribution is -0.137. The Hall–Kier alpha value is -2.49. The summed E-state index contributed by atoms with van der Waals surface area (Å²) in [4.78, 5) is 10.6. The largest absolute Gasteiger partial charge is 0.497 e. The third-order valence-electron chi connectivity index (χ3n) is 3.10. The van der Waals surface area contributed by atoms with Crippen LogP contribution in [0.5, 0.6) is 17.2 Å². The fraction of sp³-hybridized carbons (Fsp3) is 0.235. The van der Waals surface area contributed by atoms with E-state index in [0.29, 0.717) is 12.8 Å². The van der Waals surface area contributed by atoms with Crippen molar-refractivity contribution in [2.45, 2.75) is 19.3 Å². The van der Waals surface area contributed by atoms with Gasteiger partial charge in [-0.05, 0) is 48.7 Å². The number of methoxy groups -OCH3 is 1. The minimum Gasteiger partial charge on any atom is -0.497 e. The van der Waals surface area contributed by atoms with Gasteiger partial charge in [0.25, 0.3) is 0 Å². The summed E-state index contributed by atoms with van der Waals surface area (Å²) >= 11 is 0. The van der Waals surface area contributed by atoms with Gasteiger partial charge in [0.15, 0.2) is 0 Å². The summed E-state index contributed by atoms with van der Waals surface area (Å²) in [7, 11) is 1.62. The zero-order chi connectivity index (χ0) is 15.1. The van der Waals surface area contributed by atoms with E-state index in [0.717, 1.165) is 22.8 Å². The van der Waals surface area contributed by atoms with E-state index in [-0.39, 0.29) is 6.42 Å². The molecule has 2 aromatic carbocycles. The maximum absolute atomic E-state index is 10.6. The molecule has 4 heteroatoms. The molecule has 0 spiro atoms.